The summed E-state index contributed by atoms with van der Waals surface area (Å²) in [4.78, 5) is 26.7. The van der Waals surface area contributed by atoms with Crippen LogP contribution in [-0.2, 0) is 4.79 Å². The van der Waals surface area contributed by atoms with E-state index in [-0.39, 0.29) is 11.8 Å². The standard InChI is InChI=1S/C16H15N7O/c24-15(21-16-19-10-20-22-16)12-7-23(8-12)14-6-13(17-9-18-14)11-4-2-1-3-5-11/h1-6,9-10,12H,7-8H2,(H2,19,20,21,22,24). The summed E-state index contributed by atoms with van der Waals surface area (Å²) in [5.41, 5.74) is 1.91. The van der Waals surface area contributed by atoms with Crippen molar-refractivity contribution in [3.63, 3.8) is 0 Å². The quantitative estimate of drug-likeness (QED) is 0.752. The topological polar surface area (TPSA) is 99.7 Å². The number of nitrogens with one attached hydrogen (secondary N) is 2. The number of benzene rings is 1. The molecule has 120 valence electrons. The molecule has 0 spiro atoms. The lowest BCUT2D eigenvalue weighted by molar-refractivity contribution is -0.120. The van der Waals surface area contributed by atoms with Gasteiger partial charge in [0.05, 0.1) is 11.6 Å². The van der Waals surface area contributed by atoms with Gasteiger partial charge in [-0.1, -0.05) is 30.3 Å². The Morgan fingerprint density at radius 2 is 1.96 bits per heavy atom. The first-order valence-corrected chi connectivity index (χ1v) is 7.58. The van der Waals surface area contributed by atoms with Crippen LogP contribution in [0.1, 0.15) is 0 Å². The minimum atomic E-state index is -0.0924. The van der Waals surface area contributed by atoms with E-state index in [9.17, 15) is 4.79 Å². The van der Waals surface area contributed by atoms with E-state index in [0.717, 1.165) is 17.1 Å². The van der Waals surface area contributed by atoms with E-state index in [1.807, 2.05) is 36.4 Å². The molecule has 1 aliphatic heterocycles. The van der Waals surface area contributed by atoms with Crippen LogP contribution in [0.2, 0.25) is 0 Å². The van der Waals surface area contributed by atoms with Crippen LogP contribution in [0.5, 0.6) is 0 Å². The molecule has 1 saturated heterocycles. The van der Waals surface area contributed by atoms with Crippen LogP contribution in [0, 0.1) is 5.92 Å². The van der Waals surface area contributed by atoms with Gasteiger partial charge in [0.2, 0.25) is 11.9 Å². The highest BCUT2D eigenvalue weighted by molar-refractivity contribution is 5.92. The van der Waals surface area contributed by atoms with Crippen molar-refractivity contribution in [3.05, 3.63) is 49.1 Å². The second-order valence-corrected chi connectivity index (χ2v) is 5.55. The van der Waals surface area contributed by atoms with E-state index in [1.54, 1.807) is 6.33 Å². The highest BCUT2D eigenvalue weighted by Gasteiger charge is 2.34. The lowest BCUT2D eigenvalue weighted by Crippen LogP contribution is -2.52. The van der Waals surface area contributed by atoms with Crippen molar-refractivity contribution in [3.8, 4) is 11.3 Å². The van der Waals surface area contributed by atoms with Crippen LogP contribution in [0.25, 0.3) is 11.3 Å². The highest BCUT2D eigenvalue weighted by atomic mass is 16.2. The smallest absolute Gasteiger partial charge is 0.233 e. The van der Waals surface area contributed by atoms with Gasteiger partial charge in [-0.15, -0.1) is 0 Å². The van der Waals surface area contributed by atoms with E-state index >= 15 is 0 Å². The zero-order valence-corrected chi connectivity index (χ0v) is 12.8. The van der Waals surface area contributed by atoms with Gasteiger partial charge in [-0.2, -0.15) is 10.1 Å². The average molecular weight is 321 g/mol. The van der Waals surface area contributed by atoms with Crippen molar-refractivity contribution in [2.45, 2.75) is 0 Å². The maximum atomic E-state index is 12.1. The van der Waals surface area contributed by atoms with Gasteiger partial charge in [0.25, 0.3) is 0 Å². The van der Waals surface area contributed by atoms with Gasteiger partial charge in [-0.3, -0.25) is 10.1 Å². The minimum Gasteiger partial charge on any atom is -0.355 e. The first-order chi connectivity index (χ1) is 11.8. The second-order valence-electron chi connectivity index (χ2n) is 5.55. The van der Waals surface area contributed by atoms with Crippen molar-refractivity contribution >= 4 is 17.7 Å². The van der Waals surface area contributed by atoms with Crippen molar-refractivity contribution in [2.75, 3.05) is 23.3 Å². The van der Waals surface area contributed by atoms with Gasteiger partial charge >= 0.3 is 0 Å². The predicted molar refractivity (Wildman–Crippen MR) is 88.2 cm³/mol. The molecule has 2 aromatic heterocycles. The number of amides is 1. The number of anilines is 2. The average Bonchev–Trinajstić information content (AvgIpc) is 3.07. The Hall–Kier alpha value is -3.29. The van der Waals surface area contributed by atoms with E-state index in [1.165, 1.54) is 6.33 Å². The Balaban J connectivity index is 1.41. The molecule has 4 rings (SSSR count). The predicted octanol–water partition coefficient (Wildman–Crippen LogP) is 1.34. The molecule has 0 aliphatic carbocycles. The van der Waals surface area contributed by atoms with Gasteiger partial charge in [0, 0.05) is 24.7 Å². The number of nitrogens with zero attached hydrogens (tertiary/aromatic N) is 5. The Bertz CT molecular complexity index is 829. The van der Waals surface area contributed by atoms with Crippen molar-refractivity contribution in [2.24, 2.45) is 5.92 Å². The number of aromatic nitrogens is 5. The van der Waals surface area contributed by atoms with Crippen LogP contribution >= 0.6 is 0 Å². The van der Waals surface area contributed by atoms with Gasteiger partial charge in [0.15, 0.2) is 0 Å². The molecule has 0 radical (unpaired) electrons. The summed E-state index contributed by atoms with van der Waals surface area (Å²) in [7, 11) is 0. The number of carbonyl (C=O) groups excluding carboxylic acids is 1. The molecule has 0 bridgehead atoms. The highest BCUT2D eigenvalue weighted by Crippen LogP contribution is 2.26. The summed E-state index contributed by atoms with van der Waals surface area (Å²) in [6, 6.07) is 11.9. The number of aromatic amines is 1. The number of H-pyrrole nitrogens is 1. The maximum absolute atomic E-state index is 12.1. The fourth-order valence-corrected chi connectivity index (χ4v) is 2.60. The molecule has 1 aromatic carbocycles. The lowest BCUT2D eigenvalue weighted by Gasteiger charge is -2.38. The monoisotopic (exact) mass is 321 g/mol. The maximum Gasteiger partial charge on any atom is 0.233 e. The summed E-state index contributed by atoms with van der Waals surface area (Å²) in [6.45, 7) is 1.23. The number of hydrogen-bond acceptors (Lipinski definition) is 6. The van der Waals surface area contributed by atoms with Crippen LogP contribution < -0.4 is 10.2 Å². The first kappa shape index (κ1) is 14.3. The summed E-state index contributed by atoms with van der Waals surface area (Å²) < 4.78 is 0. The van der Waals surface area contributed by atoms with Gasteiger partial charge in [0.1, 0.15) is 18.5 Å². The van der Waals surface area contributed by atoms with Gasteiger partial charge < -0.3 is 4.90 Å². The third-order valence-corrected chi connectivity index (χ3v) is 3.96. The molecule has 1 amide bonds. The largest absolute Gasteiger partial charge is 0.355 e. The first-order valence-electron chi connectivity index (χ1n) is 7.58. The summed E-state index contributed by atoms with van der Waals surface area (Å²) in [6.07, 6.45) is 2.91. The molecule has 2 N–H and O–H groups in total. The molecule has 0 unspecified atom stereocenters. The summed E-state index contributed by atoms with van der Waals surface area (Å²) >= 11 is 0. The number of carbonyl (C=O) groups is 1. The number of hydrogen-bond donors (Lipinski definition) is 2. The molecule has 8 nitrogen and oxygen atoms in total. The Morgan fingerprint density at radius 3 is 2.71 bits per heavy atom. The molecule has 3 aromatic rings. The molecule has 3 heterocycles. The summed E-state index contributed by atoms with van der Waals surface area (Å²) in [5, 5.41) is 9.02. The number of rotatable bonds is 4. The zero-order chi connectivity index (χ0) is 16.4. The van der Waals surface area contributed by atoms with Crippen LogP contribution in [-0.4, -0.2) is 44.1 Å². The molecule has 0 atom stereocenters. The molecule has 1 aliphatic rings. The van der Waals surface area contributed by atoms with Crippen molar-refractivity contribution < 1.29 is 4.79 Å². The molecular weight excluding hydrogens is 306 g/mol. The van der Waals surface area contributed by atoms with E-state index in [4.69, 9.17) is 0 Å². The van der Waals surface area contributed by atoms with E-state index in [0.29, 0.717) is 19.0 Å². The zero-order valence-electron chi connectivity index (χ0n) is 12.8. The lowest BCUT2D eigenvalue weighted by atomic mass is 9.99. The van der Waals surface area contributed by atoms with Crippen LogP contribution in [0.15, 0.2) is 49.1 Å². The molecule has 24 heavy (non-hydrogen) atoms. The van der Waals surface area contributed by atoms with Crippen molar-refractivity contribution in [1.29, 1.82) is 0 Å². The Morgan fingerprint density at radius 1 is 1.12 bits per heavy atom. The van der Waals surface area contributed by atoms with Crippen molar-refractivity contribution in [1.82, 2.24) is 25.1 Å². The third-order valence-electron chi connectivity index (χ3n) is 3.96. The summed E-state index contributed by atoms with van der Waals surface area (Å²) in [5.74, 6) is 1.03. The third kappa shape index (κ3) is 2.81. The fourth-order valence-electron chi connectivity index (χ4n) is 2.60. The normalized spacial score (nSPS) is 14.2. The Labute approximate surface area is 138 Å². The molecular formula is C16H15N7O. The van der Waals surface area contributed by atoms with Crippen LogP contribution in [0.3, 0.4) is 0 Å². The van der Waals surface area contributed by atoms with Gasteiger partial charge in [-0.05, 0) is 0 Å². The SMILES string of the molecule is O=C(Nc1ncn[nH]1)C1CN(c2cc(-c3ccccc3)ncn2)C1. The van der Waals surface area contributed by atoms with E-state index < -0.39 is 0 Å². The Kier molecular flexibility index (Phi) is 3.62. The molecule has 1 fully saturated rings. The van der Waals surface area contributed by atoms with E-state index in [2.05, 4.69) is 35.4 Å². The van der Waals surface area contributed by atoms with Gasteiger partial charge in [-0.25, -0.2) is 15.1 Å². The minimum absolute atomic E-state index is 0.0691. The molecule has 0 saturated carbocycles. The second kappa shape index (κ2) is 6.07. The fraction of sp³-hybridized carbons (Fsp3) is 0.188. The molecule has 8 heteroatoms. The van der Waals surface area contributed by atoms with Crippen LogP contribution in [0.4, 0.5) is 11.8 Å².